The molecule has 1 aliphatic rings. The number of amides is 1. The summed E-state index contributed by atoms with van der Waals surface area (Å²) in [5.74, 6) is -0.0249. The van der Waals surface area contributed by atoms with Crippen molar-refractivity contribution >= 4 is 18.3 Å². The molecule has 3 N–H and O–H groups in total. The molecule has 112 valence electrons. The first-order valence-electron chi connectivity index (χ1n) is 6.45. The highest BCUT2D eigenvalue weighted by Crippen LogP contribution is 2.09. The summed E-state index contributed by atoms with van der Waals surface area (Å²) in [7, 11) is 1.63. The lowest BCUT2D eigenvalue weighted by Crippen LogP contribution is -2.34. The molecular weight excluding hydrogens is 280 g/mol. The van der Waals surface area contributed by atoms with E-state index in [2.05, 4.69) is 10.6 Å². The molecule has 1 aromatic rings. The minimum Gasteiger partial charge on any atom is -0.391 e. The molecule has 5 nitrogen and oxygen atoms in total. The highest BCUT2D eigenvalue weighted by molar-refractivity contribution is 5.94. The second-order valence-electron chi connectivity index (χ2n) is 4.83. The smallest absolute Gasteiger partial charge is 0.251 e. The van der Waals surface area contributed by atoms with E-state index in [-0.39, 0.29) is 30.3 Å². The Morgan fingerprint density at radius 3 is 2.95 bits per heavy atom. The zero-order chi connectivity index (χ0) is 13.7. The molecule has 2 atom stereocenters. The number of hydrogen-bond donors (Lipinski definition) is 3. The molecule has 0 saturated carbocycles. The van der Waals surface area contributed by atoms with Gasteiger partial charge in [-0.1, -0.05) is 12.1 Å². The lowest BCUT2D eigenvalue weighted by atomic mass is 10.1. The Hall–Kier alpha value is -1.14. The summed E-state index contributed by atoms with van der Waals surface area (Å²) in [6, 6.07) is 7.36. The first kappa shape index (κ1) is 16.9. The van der Waals surface area contributed by atoms with E-state index in [4.69, 9.17) is 4.74 Å². The van der Waals surface area contributed by atoms with Crippen molar-refractivity contribution in [2.45, 2.75) is 12.7 Å². The van der Waals surface area contributed by atoms with Crippen LogP contribution >= 0.6 is 12.4 Å². The van der Waals surface area contributed by atoms with E-state index in [1.54, 1.807) is 13.2 Å². The molecule has 1 aromatic carbocycles. The van der Waals surface area contributed by atoms with E-state index < -0.39 is 0 Å². The molecule has 1 saturated heterocycles. The van der Waals surface area contributed by atoms with Crippen molar-refractivity contribution in [2.75, 3.05) is 26.7 Å². The molecule has 1 aliphatic heterocycles. The fourth-order valence-electron chi connectivity index (χ4n) is 2.22. The monoisotopic (exact) mass is 300 g/mol. The summed E-state index contributed by atoms with van der Waals surface area (Å²) >= 11 is 0. The molecule has 1 fully saturated rings. The van der Waals surface area contributed by atoms with Crippen LogP contribution in [0.25, 0.3) is 0 Å². The Labute approximate surface area is 125 Å². The number of nitrogens with one attached hydrogen (secondary N) is 2. The maximum Gasteiger partial charge on any atom is 0.251 e. The molecule has 0 aliphatic carbocycles. The van der Waals surface area contributed by atoms with Gasteiger partial charge in [-0.2, -0.15) is 0 Å². The van der Waals surface area contributed by atoms with Crippen molar-refractivity contribution in [3.05, 3.63) is 35.4 Å². The molecule has 2 rings (SSSR count). The Bertz CT molecular complexity index is 442. The minimum absolute atomic E-state index is 0. The number of carbonyl (C=O) groups excluding carboxylic acids is 1. The van der Waals surface area contributed by atoms with E-state index >= 15 is 0 Å². The van der Waals surface area contributed by atoms with E-state index in [1.807, 2.05) is 18.2 Å². The molecular formula is C14H21ClN2O3. The van der Waals surface area contributed by atoms with E-state index in [9.17, 15) is 9.90 Å². The van der Waals surface area contributed by atoms with Gasteiger partial charge in [0.2, 0.25) is 0 Å². The normalized spacial score (nSPS) is 21.3. The van der Waals surface area contributed by atoms with Gasteiger partial charge in [-0.25, -0.2) is 0 Å². The second kappa shape index (κ2) is 8.21. The zero-order valence-electron chi connectivity index (χ0n) is 11.5. The van der Waals surface area contributed by atoms with Gasteiger partial charge in [0.15, 0.2) is 0 Å². The Balaban J connectivity index is 0.00000200. The molecule has 0 spiro atoms. The second-order valence-corrected chi connectivity index (χ2v) is 4.83. The van der Waals surface area contributed by atoms with Crippen LogP contribution in [0.2, 0.25) is 0 Å². The third-order valence-corrected chi connectivity index (χ3v) is 3.33. The number of hydrogen-bond acceptors (Lipinski definition) is 4. The summed E-state index contributed by atoms with van der Waals surface area (Å²) in [6.45, 7) is 2.32. The number of aliphatic hydroxyl groups is 1. The lowest BCUT2D eigenvalue weighted by Gasteiger charge is -2.14. The van der Waals surface area contributed by atoms with Crippen LogP contribution in [0.1, 0.15) is 15.9 Å². The van der Waals surface area contributed by atoms with Gasteiger partial charge in [-0.3, -0.25) is 4.79 Å². The van der Waals surface area contributed by atoms with Crippen LogP contribution in [0, 0.1) is 5.92 Å². The summed E-state index contributed by atoms with van der Waals surface area (Å²) in [6.07, 6.45) is -0.375. The number of ether oxygens (including phenoxy) is 1. The Kier molecular flexibility index (Phi) is 6.95. The van der Waals surface area contributed by atoms with Crippen LogP contribution in [-0.2, 0) is 11.3 Å². The summed E-state index contributed by atoms with van der Waals surface area (Å²) < 4.78 is 5.04. The average molecular weight is 301 g/mol. The van der Waals surface area contributed by atoms with E-state index in [1.165, 1.54) is 0 Å². The Morgan fingerprint density at radius 1 is 1.50 bits per heavy atom. The fraction of sp³-hybridized carbons (Fsp3) is 0.500. The molecule has 0 bridgehead atoms. The van der Waals surface area contributed by atoms with Gasteiger partial charge in [-0.15, -0.1) is 12.4 Å². The van der Waals surface area contributed by atoms with Crippen molar-refractivity contribution in [3.8, 4) is 0 Å². The summed E-state index contributed by atoms with van der Waals surface area (Å²) in [4.78, 5) is 12.0. The lowest BCUT2D eigenvalue weighted by molar-refractivity contribution is 0.0926. The predicted octanol–water partition coefficient (Wildman–Crippen LogP) is 0.565. The maximum atomic E-state index is 12.0. The molecule has 1 heterocycles. The largest absolute Gasteiger partial charge is 0.391 e. The molecule has 2 unspecified atom stereocenters. The van der Waals surface area contributed by atoms with Gasteiger partial charge in [0.05, 0.1) is 12.7 Å². The van der Waals surface area contributed by atoms with Crippen molar-refractivity contribution in [1.82, 2.24) is 10.6 Å². The van der Waals surface area contributed by atoms with Gasteiger partial charge in [0, 0.05) is 38.2 Å². The topological polar surface area (TPSA) is 70.6 Å². The molecule has 0 aromatic heterocycles. The highest BCUT2D eigenvalue weighted by atomic mass is 35.5. The van der Waals surface area contributed by atoms with Crippen LogP contribution in [0.4, 0.5) is 0 Å². The standard InChI is InChI=1S/C14H20N2O3.ClH/c1-19-9-10-3-2-4-11(5-10)14(18)16-7-12-6-15-8-13(12)17;/h2-5,12-13,15,17H,6-9H2,1H3,(H,16,18);1H. The molecule has 20 heavy (non-hydrogen) atoms. The van der Waals surface area contributed by atoms with Gasteiger partial charge in [-0.05, 0) is 17.7 Å². The number of methoxy groups -OCH3 is 1. The highest BCUT2D eigenvalue weighted by Gasteiger charge is 2.25. The first-order valence-corrected chi connectivity index (χ1v) is 6.45. The SMILES string of the molecule is COCc1cccc(C(=O)NCC2CNCC2O)c1.Cl. The number of rotatable bonds is 5. The van der Waals surface area contributed by atoms with Gasteiger partial charge >= 0.3 is 0 Å². The fourth-order valence-corrected chi connectivity index (χ4v) is 2.22. The van der Waals surface area contributed by atoms with Crippen molar-refractivity contribution < 1.29 is 14.6 Å². The van der Waals surface area contributed by atoms with Gasteiger partial charge < -0.3 is 20.5 Å². The third kappa shape index (κ3) is 4.45. The van der Waals surface area contributed by atoms with Gasteiger partial charge in [0.25, 0.3) is 5.91 Å². The van der Waals surface area contributed by atoms with Crippen LogP contribution in [0.15, 0.2) is 24.3 Å². The van der Waals surface area contributed by atoms with E-state index in [0.717, 1.165) is 12.1 Å². The maximum absolute atomic E-state index is 12.0. The number of aliphatic hydroxyl groups excluding tert-OH is 1. The predicted molar refractivity (Wildman–Crippen MR) is 79.1 cm³/mol. The number of carbonyl (C=O) groups is 1. The minimum atomic E-state index is -0.375. The molecule has 1 amide bonds. The van der Waals surface area contributed by atoms with Crippen LogP contribution in [0.3, 0.4) is 0 Å². The molecule has 6 heteroatoms. The molecule has 0 radical (unpaired) electrons. The van der Waals surface area contributed by atoms with Crippen LogP contribution < -0.4 is 10.6 Å². The first-order chi connectivity index (χ1) is 9.20. The van der Waals surface area contributed by atoms with E-state index in [0.29, 0.717) is 25.3 Å². The number of benzene rings is 1. The third-order valence-electron chi connectivity index (χ3n) is 3.33. The Morgan fingerprint density at radius 2 is 2.30 bits per heavy atom. The summed E-state index contributed by atoms with van der Waals surface area (Å²) in [5.41, 5.74) is 1.59. The van der Waals surface area contributed by atoms with Crippen LogP contribution in [0.5, 0.6) is 0 Å². The average Bonchev–Trinajstić information content (AvgIpc) is 2.82. The quantitative estimate of drug-likeness (QED) is 0.743. The van der Waals surface area contributed by atoms with Crippen molar-refractivity contribution in [3.63, 3.8) is 0 Å². The summed E-state index contributed by atoms with van der Waals surface area (Å²) in [5, 5.41) is 15.6. The van der Waals surface area contributed by atoms with Crippen molar-refractivity contribution in [2.24, 2.45) is 5.92 Å². The van der Waals surface area contributed by atoms with Gasteiger partial charge in [0.1, 0.15) is 0 Å². The van der Waals surface area contributed by atoms with Crippen molar-refractivity contribution in [1.29, 1.82) is 0 Å². The zero-order valence-corrected chi connectivity index (χ0v) is 12.3. The number of halogens is 1. The number of β-amino-alcohol motifs (C(OH)–C–C–N with tert-alkyl or cyclic N) is 1. The van der Waals surface area contributed by atoms with Crippen LogP contribution in [-0.4, -0.2) is 43.9 Å².